The molecule has 0 saturated heterocycles. The van der Waals surface area contributed by atoms with Crippen molar-refractivity contribution in [2.45, 2.75) is 107 Å². The van der Waals surface area contributed by atoms with Crippen LogP contribution in [0.25, 0.3) is 11.6 Å². The minimum Gasteiger partial charge on any atom is -0.368 e. The van der Waals surface area contributed by atoms with Gasteiger partial charge in [-0.1, -0.05) is 97.0 Å². The summed E-state index contributed by atoms with van der Waals surface area (Å²) < 4.78 is 0. The molecular weight excluding hydrogens is 735 g/mol. The van der Waals surface area contributed by atoms with Crippen LogP contribution in [0.1, 0.15) is 102 Å². The molecule has 0 saturated carbocycles. The topological polar surface area (TPSA) is 196 Å². The summed E-state index contributed by atoms with van der Waals surface area (Å²) >= 11 is 0. The molecule has 2 heterocycles. The summed E-state index contributed by atoms with van der Waals surface area (Å²) in [7, 11) is 0. The van der Waals surface area contributed by atoms with Crippen LogP contribution < -0.4 is 31.9 Å². The second-order valence-corrected chi connectivity index (χ2v) is 16.2. The van der Waals surface area contributed by atoms with Gasteiger partial charge in [-0.15, -0.1) is 0 Å². The standard InChI is InChI=1S/C25H33N3O2.C20H30N4O4/c1-7-25(6,14-16(2)3)15-26-24(30)28-22-11-9-8-10-19(22)20(23(28)29)13-21-17(4)12-18(5)27-21;1-4-18(26)23-15(10-13(2)3)20(28)24-16(19(27)22-12-17(21)25)11-14-8-6-5-7-9-14/h8-13,16,27H,7,14-15H2,1-6H3,(H,26,30);5-9,13,15-16H,4,10-12H2,1-3H3,(H2,21,25)(H,22,27)(H,23,26)(H,24,28)/b20-13-;. The molecule has 2 aromatic carbocycles. The summed E-state index contributed by atoms with van der Waals surface area (Å²) in [5.41, 5.74) is 10.9. The number of aromatic nitrogens is 1. The van der Waals surface area contributed by atoms with Gasteiger partial charge in [0.25, 0.3) is 5.91 Å². The molecule has 1 aliphatic rings. The number of primary amides is 1. The SMILES string of the molecule is CCC(=O)NC(CC(C)C)C(=O)NC(Cc1ccccc1)C(=O)NCC(N)=O.CCC(C)(CNC(=O)N1C(=O)/C(=C\c2[nH]c(C)cc2C)c2ccccc21)CC(C)C. The summed E-state index contributed by atoms with van der Waals surface area (Å²) in [5.74, 6) is -1.44. The first-order valence-corrected chi connectivity index (χ1v) is 20.2. The first-order chi connectivity index (χ1) is 27.4. The van der Waals surface area contributed by atoms with E-state index in [1.165, 1.54) is 4.90 Å². The number of imide groups is 1. The van der Waals surface area contributed by atoms with Crippen LogP contribution in [-0.4, -0.2) is 65.7 Å². The summed E-state index contributed by atoms with van der Waals surface area (Å²) in [6.07, 6.45) is 4.78. The fourth-order valence-electron chi connectivity index (χ4n) is 6.95. The van der Waals surface area contributed by atoms with Gasteiger partial charge in [-0.05, 0) is 79.7 Å². The third-order valence-corrected chi connectivity index (χ3v) is 10.0. The Morgan fingerprint density at radius 1 is 0.862 bits per heavy atom. The number of nitrogens with one attached hydrogen (secondary N) is 5. The number of carbonyl (C=O) groups excluding carboxylic acids is 6. The summed E-state index contributed by atoms with van der Waals surface area (Å²) in [6, 6.07) is 16.7. The molecule has 7 amide bonds. The molecule has 3 aromatic rings. The van der Waals surface area contributed by atoms with Gasteiger partial charge in [-0.25, -0.2) is 9.69 Å². The largest absolute Gasteiger partial charge is 0.368 e. The van der Waals surface area contributed by atoms with Crippen molar-refractivity contribution in [3.8, 4) is 0 Å². The molecule has 4 rings (SSSR count). The fourth-order valence-corrected chi connectivity index (χ4v) is 6.95. The van der Waals surface area contributed by atoms with E-state index in [-0.39, 0.29) is 48.6 Å². The second kappa shape index (κ2) is 21.7. The van der Waals surface area contributed by atoms with E-state index in [1.54, 1.807) is 6.92 Å². The Morgan fingerprint density at radius 2 is 1.52 bits per heavy atom. The Morgan fingerprint density at radius 3 is 2.09 bits per heavy atom. The summed E-state index contributed by atoms with van der Waals surface area (Å²) in [4.78, 5) is 78.9. The zero-order valence-electron chi connectivity index (χ0n) is 35.6. The number of hydrogen-bond acceptors (Lipinski definition) is 6. The lowest BCUT2D eigenvalue weighted by atomic mass is 9.79. The predicted octanol–water partition coefficient (Wildman–Crippen LogP) is 5.95. The van der Waals surface area contributed by atoms with Gasteiger partial charge >= 0.3 is 6.03 Å². The summed E-state index contributed by atoms with van der Waals surface area (Å²) in [6.45, 7) is 18.5. The minimum absolute atomic E-state index is 0.00364. The van der Waals surface area contributed by atoms with E-state index in [2.05, 4.69) is 53.9 Å². The molecule has 0 radical (unpaired) electrons. The Bertz CT molecular complexity index is 1940. The highest BCUT2D eigenvalue weighted by atomic mass is 16.2. The van der Waals surface area contributed by atoms with Gasteiger partial charge in [0.15, 0.2) is 0 Å². The maximum atomic E-state index is 13.3. The number of H-pyrrole nitrogens is 1. The average Bonchev–Trinajstić information content (AvgIpc) is 3.65. The lowest BCUT2D eigenvalue weighted by Gasteiger charge is -2.31. The molecule has 0 bridgehead atoms. The molecular formula is C45H63N7O6. The van der Waals surface area contributed by atoms with Crippen molar-refractivity contribution in [2.75, 3.05) is 18.0 Å². The first-order valence-electron chi connectivity index (χ1n) is 20.2. The van der Waals surface area contributed by atoms with Crippen molar-refractivity contribution in [2.24, 2.45) is 23.0 Å². The van der Waals surface area contributed by atoms with Crippen LogP contribution in [0.2, 0.25) is 0 Å². The number of para-hydroxylation sites is 1. The van der Waals surface area contributed by atoms with Crippen LogP contribution in [0, 0.1) is 31.1 Å². The number of carbonyl (C=O) groups is 6. The van der Waals surface area contributed by atoms with E-state index >= 15 is 0 Å². The number of anilines is 1. The lowest BCUT2D eigenvalue weighted by molar-refractivity contribution is -0.132. The fraction of sp³-hybridized carbons (Fsp3) is 0.467. The number of aryl methyl sites for hydroxylation is 2. The van der Waals surface area contributed by atoms with Gasteiger partial charge < -0.3 is 32.0 Å². The van der Waals surface area contributed by atoms with Crippen LogP contribution in [0.3, 0.4) is 0 Å². The maximum absolute atomic E-state index is 13.3. The molecule has 13 nitrogen and oxygen atoms in total. The highest BCUT2D eigenvalue weighted by Gasteiger charge is 2.37. The molecule has 3 atom stereocenters. The number of fused-ring (bicyclic) bond motifs is 1. The van der Waals surface area contributed by atoms with Crippen molar-refractivity contribution in [3.63, 3.8) is 0 Å². The highest BCUT2D eigenvalue weighted by molar-refractivity contribution is 6.42. The highest BCUT2D eigenvalue weighted by Crippen LogP contribution is 2.38. The smallest absolute Gasteiger partial charge is 0.329 e. The van der Waals surface area contributed by atoms with E-state index in [0.717, 1.165) is 40.9 Å². The number of hydrogen-bond donors (Lipinski definition) is 6. The van der Waals surface area contributed by atoms with E-state index in [9.17, 15) is 28.8 Å². The van der Waals surface area contributed by atoms with Crippen LogP contribution in [0.4, 0.5) is 10.5 Å². The van der Waals surface area contributed by atoms with Gasteiger partial charge in [0.05, 0.1) is 17.8 Å². The predicted molar refractivity (Wildman–Crippen MR) is 229 cm³/mol. The second-order valence-electron chi connectivity index (χ2n) is 16.2. The van der Waals surface area contributed by atoms with Crippen molar-refractivity contribution in [1.29, 1.82) is 0 Å². The van der Waals surface area contributed by atoms with E-state index in [4.69, 9.17) is 5.73 Å². The van der Waals surface area contributed by atoms with Crippen molar-refractivity contribution < 1.29 is 28.8 Å². The van der Waals surface area contributed by atoms with Crippen molar-refractivity contribution in [1.82, 2.24) is 26.3 Å². The Balaban J connectivity index is 0.000000311. The number of nitrogens with zero attached hydrogens (tertiary/aromatic N) is 1. The maximum Gasteiger partial charge on any atom is 0.329 e. The minimum atomic E-state index is -0.901. The number of nitrogens with two attached hydrogens (primary N) is 1. The van der Waals surface area contributed by atoms with Gasteiger partial charge in [0.1, 0.15) is 12.1 Å². The van der Waals surface area contributed by atoms with E-state index in [1.807, 2.05) is 94.4 Å². The third-order valence-electron chi connectivity index (χ3n) is 10.0. The van der Waals surface area contributed by atoms with E-state index in [0.29, 0.717) is 30.1 Å². The molecule has 0 fully saturated rings. The molecule has 13 heteroatoms. The number of aromatic amines is 1. The molecule has 3 unspecified atom stereocenters. The van der Waals surface area contributed by atoms with Gasteiger partial charge in [0, 0.05) is 36.3 Å². The van der Waals surface area contributed by atoms with Gasteiger partial charge in [-0.3, -0.25) is 24.0 Å². The number of urea groups is 1. The molecule has 1 aliphatic heterocycles. The molecule has 7 N–H and O–H groups in total. The Kier molecular flexibility index (Phi) is 17.5. The molecule has 1 aromatic heterocycles. The first kappa shape index (κ1) is 46.7. The lowest BCUT2D eigenvalue weighted by Crippen LogP contribution is -2.55. The molecule has 0 spiro atoms. The zero-order valence-corrected chi connectivity index (χ0v) is 35.6. The zero-order chi connectivity index (χ0) is 43.2. The van der Waals surface area contributed by atoms with Crippen LogP contribution >= 0.6 is 0 Å². The number of benzene rings is 2. The van der Waals surface area contributed by atoms with Crippen molar-refractivity contribution in [3.05, 3.63) is 88.7 Å². The summed E-state index contributed by atoms with van der Waals surface area (Å²) in [5, 5.41) is 10.9. The van der Waals surface area contributed by atoms with Crippen LogP contribution in [0.5, 0.6) is 0 Å². The van der Waals surface area contributed by atoms with Crippen molar-refractivity contribution >= 4 is 52.9 Å². The van der Waals surface area contributed by atoms with Crippen LogP contribution in [-0.2, 0) is 30.4 Å². The average molecular weight is 798 g/mol. The monoisotopic (exact) mass is 797 g/mol. The number of rotatable bonds is 17. The van der Waals surface area contributed by atoms with Gasteiger partial charge in [0.2, 0.25) is 23.6 Å². The van der Waals surface area contributed by atoms with Gasteiger partial charge in [-0.2, -0.15) is 0 Å². The molecule has 0 aliphatic carbocycles. The van der Waals surface area contributed by atoms with E-state index < -0.39 is 29.8 Å². The third kappa shape index (κ3) is 13.7. The normalized spacial score (nSPS) is 14.8. The number of amides is 7. The quantitative estimate of drug-likeness (QED) is 0.0914. The Labute approximate surface area is 343 Å². The molecule has 58 heavy (non-hydrogen) atoms. The van der Waals surface area contributed by atoms with Crippen LogP contribution in [0.15, 0.2) is 60.7 Å². The molecule has 314 valence electrons. The Hall–Kier alpha value is -5.72.